The van der Waals surface area contributed by atoms with Gasteiger partial charge in [0.1, 0.15) is 11.6 Å². The van der Waals surface area contributed by atoms with E-state index in [0.29, 0.717) is 0 Å². The van der Waals surface area contributed by atoms with Gasteiger partial charge >= 0.3 is 0 Å². The summed E-state index contributed by atoms with van der Waals surface area (Å²) < 4.78 is 53.6. The van der Waals surface area contributed by atoms with Crippen molar-refractivity contribution in [2.24, 2.45) is 0 Å². The third kappa shape index (κ3) is 3.45. The third-order valence-corrected chi connectivity index (χ3v) is 4.81. The highest BCUT2D eigenvalue weighted by molar-refractivity contribution is 7.98. The molecule has 21 heavy (non-hydrogen) atoms. The van der Waals surface area contributed by atoms with Gasteiger partial charge in [0.2, 0.25) is 0 Å². The summed E-state index contributed by atoms with van der Waals surface area (Å²) in [6, 6.07) is 7.92. The number of sulfonamides is 1. The van der Waals surface area contributed by atoms with Crippen molar-refractivity contribution < 1.29 is 17.2 Å². The van der Waals surface area contributed by atoms with Crippen molar-refractivity contribution in [1.29, 1.82) is 0 Å². The molecule has 0 saturated carbocycles. The standard InChI is InChI=1S/C13H12F2N2O2S2/c1-20-10-4-2-9(3-5-10)17-21(18,19)13-11(14)6-8(16)7-12(13)15/h2-7,17H,16H2,1H3. The van der Waals surface area contributed by atoms with Gasteiger partial charge in [-0.3, -0.25) is 4.72 Å². The first-order valence-electron chi connectivity index (χ1n) is 5.75. The Labute approximate surface area is 125 Å². The molecular formula is C13H12F2N2O2S2. The Balaban J connectivity index is 2.38. The lowest BCUT2D eigenvalue weighted by molar-refractivity contribution is 0.522. The monoisotopic (exact) mass is 330 g/mol. The van der Waals surface area contributed by atoms with Crippen LogP contribution < -0.4 is 10.5 Å². The van der Waals surface area contributed by atoms with E-state index >= 15 is 0 Å². The Morgan fingerprint density at radius 1 is 1.10 bits per heavy atom. The minimum Gasteiger partial charge on any atom is -0.399 e. The number of rotatable bonds is 4. The van der Waals surface area contributed by atoms with E-state index in [9.17, 15) is 17.2 Å². The van der Waals surface area contributed by atoms with Crippen LogP contribution in [-0.2, 0) is 10.0 Å². The topological polar surface area (TPSA) is 72.2 Å². The normalized spacial score (nSPS) is 11.4. The van der Waals surface area contributed by atoms with Crippen LogP contribution in [0.4, 0.5) is 20.2 Å². The molecule has 0 heterocycles. The molecule has 0 saturated heterocycles. The predicted molar refractivity (Wildman–Crippen MR) is 79.8 cm³/mol. The maximum absolute atomic E-state index is 13.7. The molecule has 0 spiro atoms. The average Bonchev–Trinajstić information content (AvgIpc) is 2.37. The van der Waals surface area contributed by atoms with Crippen molar-refractivity contribution in [1.82, 2.24) is 0 Å². The van der Waals surface area contributed by atoms with E-state index in [2.05, 4.69) is 4.72 Å². The number of hydrogen-bond donors (Lipinski definition) is 2. The summed E-state index contributed by atoms with van der Waals surface area (Å²) in [5.74, 6) is -2.47. The highest BCUT2D eigenvalue weighted by Crippen LogP contribution is 2.25. The second kappa shape index (κ2) is 5.90. The van der Waals surface area contributed by atoms with E-state index in [0.717, 1.165) is 17.0 Å². The molecule has 0 bridgehead atoms. The molecule has 8 heteroatoms. The van der Waals surface area contributed by atoms with Gasteiger partial charge in [0.05, 0.1) is 0 Å². The summed E-state index contributed by atoms with van der Waals surface area (Å²) >= 11 is 1.49. The van der Waals surface area contributed by atoms with Crippen LogP contribution in [0.1, 0.15) is 0 Å². The molecule has 0 aliphatic rings. The van der Waals surface area contributed by atoms with Gasteiger partial charge in [0, 0.05) is 16.3 Å². The number of nitrogens with two attached hydrogens (primary N) is 1. The average molecular weight is 330 g/mol. The molecule has 0 aliphatic heterocycles. The highest BCUT2D eigenvalue weighted by Gasteiger charge is 2.24. The summed E-state index contributed by atoms with van der Waals surface area (Å²) in [5, 5.41) is 0. The van der Waals surface area contributed by atoms with Crippen molar-refractivity contribution in [3.05, 3.63) is 48.0 Å². The number of nitrogen functional groups attached to an aromatic ring is 1. The molecule has 112 valence electrons. The van der Waals surface area contributed by atoms with E-state index in [1.54, 1.807) is 12.1 Å². The molecule has 2 aromatic carbocycles. The molecule has 0 aromatic heterocycles. The number of halogens is 2. The first-order chi connectivity index (χ1) is 9.83. The fourth-order valence-corrected chi connectivity index (χ4v) is 3.29. The second-order valence-electron chi connectivity index (χ2n) is 4.15. The van der Waals surface area contributed by atoms with Crippen LogP contribution in [0.25, 0.3) is 0 Å². The Kier molecular flexibility index (Phi) is 4.38. The summed E-state index contributed by atoms with van der Waals surface area (Å²) in [7, 11) is -4.37. The van der Waals surface area contributed by atoms with E-state index < -0.39 is 26.6 Å². The molecule has 2 aromatic rings. The molecule has 0 fully saturated rings. The Morgan fingerprint density at radius 3 is 2.10 bits per heavy atom. The fourth-order valence-electron chi connectivity index (χ4n) is 1.70. The van der Waals surface area contributed by atoms with Gasteiger partial charge in [-0.25, -0.2) is 17.2 Å². The third-order valence-electron chi connectivity index (χ3n) is 2.63. The van der Waals surface area contributed by atoms with Gasteiger partial charge in [-0.15, -0.1) is 11.8 Å². The van der Waals surface area contributed by atoms with Gasteiger partial charge in [-0.2, -0.15) is 0 Å². The van der Waals surface area contributed by atoms with Crippen LogP contribution in [-0.4, -0.2) is 14.7 Å². The number of anilines is 2. The van der Waals surface area contributed by atoms with Crippen molar-refractivity contribution >= 4 is 33.2 Å². The van der Waals surface area contributed by atoms with Crippen molar-refractivity contribution in [3.8, 4) is 0 Å². The van der Waals surface area contributed by atoms with E-state index in [4.69, 9.17) is 5.73 Å². The first kappa shape index (κ1) is 15.6. The summed E-state index contributed by atoms with van der Waals surface area (Å²) in [4.78, 5) is -0.117. The minimum atomic E-state index is -4.37. The predicted octanol–water partition coefficient (Wildman–Crippen LogP) is 3.07. The van der Waals surface area contributed by atoms with Crippen LogP contribution in [0.3, 0.4) is 0 Å². The van der Waals surface area contributed by atoms with Gasteiger partial charge < -0.3 is 5.73 Å². The molecule has 4 nitrogen and oxygen atoms in total. The Bertz CT molecular complexity index is 739. The lowest BCUT2D eigenvalue weighted by Gasteiger charge is -2.10. The number of thioether (sulfide) groups is 1. The van der Waals surface area contributed by atoms with Gasteiger partial charge in [-0.05, 0) is 42.7 Å². The summed E-state index contributed by atoms with van der Waals surface area (Å²) in [5.41, 5.74) is 5.28. The van der Waals surface area contributed by atoms with Crippen LogP contribution in [0, 0.1) is 11.6 Å². The van der Waals surface area contributed by atoms with Crippen LogP contribution in [0.5, 0.6) is 0 Å². The quantitative estimate of drug-likeness (QED) is 0.667. The van der Waals surface area contributed by atoms with Crippen molar-refractivity contribution in [2.45, 2.75) is 9.79 Å². The second-order valence-corrected chi connectivity index (χ2v) is 6.65. The molecule has 0 unspecified atom stereocenters. The number of hydrogen-bond acceptors (Lipinski definition) is 4. The Morgan fingerprint density at radius 2 is 1.62 bits per heavy atom. The van der Waals surface area contributed by atoms with Crippen LogP contribution in [0.2, 0.25) is 0 Å². The van der Waals surface area contributed by atoms with Gasteiger partial charge in [0.25, 0.3) is 10.0 Å². The maximum Gasteiger partial charge on any atom is 0.267 e. The summed E-state index contributed by atoms with van der Waals surface area (Å²) in [6.07, 6.45) is 1.87. The zero-order valence-electron chi connectivity index (χ0n) is 10.9. The van der Waals surface area contributed by atoms with Gasteiger partial charge in [-0.1, -0.05) is 0 Å². The maximum atomic E-state index is 13.7. The number of benzene rings is 2. The smallest absolute Gasteiger partial charge is 0.267 e. The highest BCUT2D eigenvalue weighted by atomic mass is 32.2. The lowest BCUT2D eigenvalue weighted by Crippen LogP contribution is -2.16. The lowest BCUT2D eigenvalue weighted by atomic mass is 10.3. The minimum absolute atomic E-state index is 0.187. The summed E-state index contributed by atoms with van der Waals surface area (Å²) in [6.45, 7) is 0. The van der Waals surface area contributed by atoms with Gasteiger partial charge in [0.15, 0.2) is 4.90 Å². The zero-order chi connectivity index (χ0) is 15.6. The van der Waals surface area contributed by atoms with Crippen LogP contribution in [0.15, 0.2) is 46.2 Å². The molecule has 0 radical (unpaired) electrons. The SMILES string of the molecule is CSc1ccc(NS(=O)(=O)c2c(F)cc(N)cc2F)cc1. The molecule has 0 aliphatic carbocycles. The van der Waals surface area contributed by atoms with E-state index in [-0.39, 0.29) is 11.4 Å². The van der Waals surface area contributed by atoms with E-state index in [1.165, 1.54) is 23.9 Å². The number of nitrogens with one attached hydrogen (secondary N) is 1. The first-order valence-corrected chi connectivity index (χ1v) is 8.45. The van der Waals surface area contributed by atoms with E-state index in [1.807, 2.05) is 6.26 Å². The fraction of sp³-hybridized carbons (Fsp3) is 0.0769. The molecule has 0 amide bonds. The molecule has 3 N–H and O–H groups in total. The molecular weight excluding hydrogens is 318 g/mol. The molecule has 2 rings (SSSR count). The largest absolute Gasteiger partial charge is 0.399 e. The van der Waals surface area contributed by atoms with Crippen molar-refractivity contribution in [3.63, 3.8) is 0 Å². The van der Waals surface area contributed by atoms with Crippen LogP contribution >= 0.6 is 11.8 Å². The zero-order valence-corrected chi connectivity index (χ0v) is 12.6. The van der Waals surface area contributed by atoms with Crippen molar-refractivity contribution in [2.75, 3.05) is 16.7 Å². The Hall–Kier alpha value is -1.80. The molecule has 0 atom stereocenters.